The molecule has 1 aliphatic heterocycles. The number of rotatable bonds is 10. The molecule has 4 atom stereocenters. The number of hydrogen-bond acceptors (Lipinski definition) is 7. The maximum Gasteiger partial charge on any atom is 0.488 e. The Hall–Kier alpha value is -3.76. The minimum absolute atomic E-state index is 0.162. The summed E-state index contributed by atoms with van der Waals surface area (Å²) in [6.45, 7) is 3.63. The van der Waals surface area contributed by atoms with Crippen molar-refractivity contribution in [2.24, 2.45) is 17.8 Å². The number of carbonyl (C=O) groups is 2. The van der Waals surface area contributed by atoms with Crippen LogP contribution in [0.4, 0.5) is 5.69 Å². The summed E-state index contributed by atoms with van der Waals surface area (Å²) in [6.07, 6.45) is 3.85. The molecule has 5 rings (SSSR count). The number of phenols is 1. The number of aromatic hydroxyl groups is 1. The molecule has 1 heterocycles. The standard InChI is InChI=1S/C34H38BNO7/c1-3-20(16-22-13-15-29(38)26-11-6-5-10-25(22)26)12-14-30(39)31-21(4-2)17-27-32(28(31)19-37)34(41)36(33(27)40)24-9-7-8-23(18-24)35(42)43/h5-11,13,15-16,18,27-28,30,32,37-39,42-43H,3-4,12,14,17,19H2,1-2H3/b20-16+/t27-,28+,30-,32-/m1/s1. The van der Waals surface area contributed by atoms with Crippen LogP contribution in [0, 0.1) is 17.8 Å². The van der Waals surface area contributed by atoms with Crippen LogP contribution in [0.2, 0.25) is 0 Å². The van der Waals surface area contributed by atoms with Crippen LogP contribution in [0.15, 0.2) is 77.4 Å². The lowest BCUT2D eigenvalue weighted by Crippen LogP contribution is -2.39. The van der Waals surface area contributed by atoms with Gasteiger partial charge in [-0.3, -0.25) is 14.5 Å². The van der Waals surface area contributed by atoms with Crippen molar-refractivity contribution in [2.75, 3.05) is 11.5 Å². The van der Waals surface area contributed by atoms with Crippen LogP contribution in [0.5, 0.6) is 5.75 Å². The van der Waals surface area contributed by atoms with Gasteiger partial charge in [0, 0.05) is 11.3 Å². The van der Waals surface area contributed by atoms with Gasteiger partial charge < -0.3 is 25.4 Å². The minimum atomic E-state index is -1.75. The molecule has 1 saturated heterocycles. The van der Waals surface area contributed by atoms with Crippen molar-refractivity contribution >= 4 is 46.9 Å². The summed E-state index contributed by atoms with van der Waals surface area (Å²) in [4.78, 5) is 28.4. The fraction of sp³-hybridized carbons (Fsp3) is 0.353. The minimum Gasteiger partial charge on any atom is -0.507 e. The molecule has 3 aromatic carbocycles. The third-order valence-corrected chi connectivity index (χ3v) is 9.08. The largest absolute Gasteiger partial charge is 0.507 e. The maximum absolute atomic E-state index is 13.7. The van der Waals surface area contributed by atoms with Crippen LogP contribution in [0.25, 0.3) is 16.8 Å². The predicted molar refractivity (Wildman–Crippen MR) is 167 cm³/mol. The zero-order chi connectivity index (χ0) is 30.8. The van der Waals surface area contributed by atoms with Crippen LogP contribution in [-0.4, -0.2) is 57.0 Å². The van der Waals surface area contributed by atoms with Gasteiger partial charge in [0.05, 0.1) is 30.2 Å². The summed E-state index contributed by atoms with van der Waals surface area (Å²) in [7, 11) is -1.75. The van der Waals surface area contributed by atoms with E-state index in [4.69, 9.17) is 0 Å². The summed E-state index contributed by atoms with van der Waals surface area (Å²) in [5, 5.41) is 53.3. The average Bonchev–Trinajstić information content (AvgIpc) is 3.27. The number of amides is 2. The van der Waals surface area contributed by atoms with Crippen molar-refractivity contribution < 1.29 is 35.0 Å². The molecule has 1 aliphatic carbocycles. The number of allylic oxidation sites excluding steroid dienone is 2. The van der Waals surface area contributed by atoms with Gasteiger partial charge in [0.2, 0.25) is 11.8 Å². The highest BCUT2D eigenvalue weighted by Gasteiger charge is 2.55. The normalized spacial score (nSPS) is 21.5. The Kier molecular flexibility index (Phi) is 9.18. The quantitative estimate of drug-likeness (QED) is 0.139. The van der Waals surface area contributed by atoms with Gasteiger partial charge in [-0.1, -0.05) is 73.5 Å². The number of carbonyl (C=O) groups excluding carboxylic acids is 2. The molecule has 0 radical (unpaired) electrons. The first-order valence-electron chi connectivity index (χ1n) is 14.9. The molecule has 9 heteroatoms. The maximum atomic E-state index is 13.7. The SMILES string of the molecule is CCC1=C([C@H](O)CC/C(=C/c2ccc(O)c3ccccc23)CC)[C@H](CO)[C@@H]2C(=O)N(c3cccc(B(O)O)c3)C(=O)[C@@H]2C1. The van der Waals surface area contributed by atoms with E-state index in [0.717, 1.165) is 38.8 Å². The third-order valence-electron chi connectivity index (χ3n) is 9.08. The molecule has 0 bridgehead atoms. The van der Waals surface area contributed by atoms with E-state index in [1.807, 2.05) is 37.3 Å². The summed E-state index contributed by atoms with van der Waals surface area (Å²) >= 11 is 0. The molecule has 0 saturated carbocycles. The van der Waals surface area contributed by atoms with Crippen LogP contribution < -0.4 is 10.4 Å². The number of anilines is 1. The van der Waals surface area contributed by atoms with Crippen molar-refractivity contribution in [3.8, 4) is 5.75 Å². The molecular weight excluding hydrogens is 545 g/mol. The Balaban J connectivity index is 1.40. The summed E-state index contributed by atoms with van der Waals surface area (Å²) in [6, 6.07) is 17.3. The number of fused-ring (bicyclic) bond motifs is 2. The summed E-state index contributed by atoms with van der Waals surface area (Å²) in [5.41, 5.74) is 4.06. The first kappa shape index (κ1) is 30.7. The number of benzene rings is 3. The highest BCUT2D eigenvalue weighted by molar-refractivity contribution is 6.58. The monoisotopic (exact) mass is 583 g/mol. The number of imide groups is 1. The van der Waals surface area contributed by atoms with E-state index < -0.39 is 36.9 Å². The number of hydrogen-bond donors (Lipinski definition) is 5. The van der Waals surface area contributed by atoms with Gasteiger partial charge in [0.15, 0.2) is 0 Å². The van der Waals surface area contributed by atoms with Gasteiger partial charge in [-0.25, -0.2) is 0 Å². The average molecular weight is 583 g/mol. The summed E-state index contributed by atoms with van der Waals surface area (Å²) < 4.78 is 0. The van der Waals surface area contributed by atoms with E-state index in [9.17, 15) is 35.0 Å². The van der Waals surface area contributed by atoms with Gasteiger partial charge in [-0.05, 0) is 72.3 Å². The first-order valence-corrected chi connectivity index (χ1v) is 14.9. The molecular formula is C34H38BNO7. The Morgan fingerprint density at radius 3 is 2.44 bits per heavy atom. The lowest BCUT2D eigenvalue weighted by Gasteiger charge is -2.36. The van der Waals surface area contributed by atoms with E-state index >= 15 is 0 Å². The van der Waals surface area contributed by atoms with Gasteiger partial charge in [0.1, 0.15) is 5.75 Å². The lowest BCUT2D eigenvalue weighted by atomic mass is 9.67. The second kappa shape index (κ2) is 12.9. The van der Waals surface area contributed by atoms with E-state index in [-0.39, 0.29) is 29.4 Å². The van der Waals surface area contributed by atoms with Crippen molar-refractivity contribution in [1.29, 1.82) is 0 Å². The van der Waals surface area contributed by atoms with Crippen molar-refractivity contribution in [3.63, 3.8) is 0 Å². The topological polar surface area (TPSA) is 139 Å². The van der Waals surface area contributed by atoms with Crippen LogP contribution >= 0.6 is 0 Å². The number of phenolic OH excluding ortho intramolecular Hbond substituents is 1. The number of aliphatic hydroxyl groups excluding tert-OH is 2. The molecule has 2 aliphatic rings. The first-order chi connectivity index (χ1) is 20.7. The van der Waals surface area contributed by atoms with Gasteiger partial charge in [0.25, 0.3) is 0 Å². The van der Waals surface area contributed by atoms with Crippen molar-refractivity contribution in [2.45, 2.75) is 52.1 Å². The van der Waals surface area contributed by atoms with E-state index in [1.165, 1.54) is 12.1 Å². The predicted octanol–water partition coefficient (Wildman–Crippen LogP) is 3.68. The Labute approximate surface area is 251 Å². The zero-order valence-corrected chi connectivity index (χ0v) is 24.5. The van der Waals surface area contributed by atoms with Crippen LogP contribution in [-0.2, 0) is 9.59 Å². The molecule has 43 heavy (non-hydrogen) atoms. The Bertz CT molecular complexity index is 1600. The smallest absolute Gasteiger partial charge is 0.488 e. The van der Waals surface area contributed by atoms with Crippen molar-refractivity contribution in [3.05, 3.63) is 82.9 Å². The Morgan fingerprint density at radius 1 is 1.02 bits per heavy atom. The highest BCUT2D eigenvalue weighted by Crippen LogP contribution is 2.48. The lowest BCUT2D eigenvalue weighted by molar-refractivity contribution is -0.123. The van der Waals surface area contributed by atoms with Crippen LogP contribution in [0.3, 0.4) is 0 Å². The Morgan fingerprint density at radius 2 is 1.77 bits per heavy atom. The highest BCUT2D eigenvalue weighted by atomic mass is 16.4. The fourth-order valence-corrected chi connectivity index (χ4v) is 6.86. The molecule has 0 aromatic heterocycles. The van der Waals surface area contributed by atoms with Crippen LogP contribution in [0.1, 0.15) is 51.5 Å². The second-order valence-electron chi connectivity index (χ2n) is 11.4. The van der Waals surface area contributed by atoms with Gasteiger partial charge >= 0.3 is 7.12 Å². The van der Waals surface area contributed by atoms with Crippen molar-refractivity contribution in [1.82, 2.24) is 0 Å². The zero-order valence-electron chi connectivity index (χ0n) is 24.5. The molecule has 8 nitrogen and oxygen atoms in total. The van der Waals surface area contributed by atoms with E-state index in [2.05, 4.69) is 13.0 Å². The number of aliphatic hydroxyl groups is 2. The molecule has 5 N–H and O–H groups in total. The number of nitrogens with zero attached hydrogens (tertiary/aromatic N) is 1. The molecule has 1 fully saturated rings. The molecule has 0 spiro atoms. The second-order valence-corrected chi connectivity index (χ2v) is 11.4. The third kappa shape index (κ3) is 5.78. The summed E-state index contributed by atoms with van der Waals surface area (Å²) in [5.74, 6) is -2.78. The van der Waals surface area contributed by atoms with Gasteiger partial charge in [-0.15, -0.1) is 0 Å². The van der Waals surface area contributed by atoms with E-state index in [0.29, 0.717) is 31.3 Å². The molecule has 0 unspecified atom stereocenters. The molecule has 224 valence electrons. The molecule has 2 amide bonds. The molecule has 3 aromatic rings. The fourth-order valence-electron chi connectivity index (χ4n) is 6.86. The van der Waals surface area contributed by atoms with Gasteiger partial charge in [-0.2, -0.15) is 0 Å². The van der Waals surface area contributed by atoms with E-state index in [1.54, 1.807) is 18.2 Å².